The molecule has 2 N–H and O–H groups in total. The monoisotopic (exact) mass is 157 g/mol. The lowest BCUT2D eigenvalue weighted by Crippen LogP contribution is -2.23. The molecule has 0 heterocycles. The molecule has 0 saturated carbocycles. The first-order valence-electron chi connectivity index (χ1n) is 3.78. The predicted molar refractivity (Wildman–Crippen MR) is 41.6 cm³/mol. The minimum Gasteiger partial charge on any atom is -0.396 e. The molecule has 11 heavy (non-hydrogen) atoms. The topological polar surface area (TPSA) is 64.2 Å². The molecule has 2 unspecified atom stereocenters. The highest BCUT2D eigenvalue weighted by atomic mass is 16.3. The van der Waals surface area contributed by atoms with Gasteiger partial charge < -0.3 is 10.2 Å². The Hall–Kier alpha value is -0.590. The Morgan fingerprint density at radius 2 is 1.55 bits per heavy atom. The largest absolute Gasteiger partial charge is 0.396 e. The van der Waals surface area contributed by atoms with Crippen LogP contribution in [0.3, 0.4) is 0 Å². The van der Waals surface area contributed by atoms with Gasteiger partial charge in [-0.15, -0.1) is 0 Å². The van der Waals surface area contributed by atoms with Crippen molar-refractivity contribution >= 4 is 0 Å². The second-order valence-corrected chi connectivity index (χ2v) is 2.97. The summed E-state index contributed by atoms with van der Waals surface area (Å²) in [6.07, 6.45) is 0. The fraction of sp³-hybridized carbons (Fsp3) is 0.875. The van der Waals surface area contributed by atoms with Crippen LogP contribution in [0.4, 0.5) is 0 Å². The number of aliphatic hydroxyl groups excluding tert-OH is 2. The molecule has 0 aromatic rings. The van der Waals surface area contributed by atoms with Gasteiger partial charge in [-0.25, -0.2) is 0 Å². The summed E-state index contributed by atoms with van der Waals surface area (Å²) in [5, 5.41) is 26.2. The van der Waals surface area contributed by atoms with Crippen LogP contribution >= 0.6 is 0 Å². The van der Waals surface area contributed by atoms with E-state index in [1.54, 1.807) is 13.8 Å². The van der Waals surface area contributed by atoms with Gasteiger partial charge in [-0.1, -0.05) is 13.8 Å². The van der Waals surface area contributed by atoms with Crippen molar-refractivity contribution in [1.82, 2.24) is 0 Å². The van der Waals surface area contributed by atoms with Crippen LogP contribution in [0.5, 0.6) is 0 Å². The Balaban J connectivity index is 4.06. The fourth-order valence-electron chi connectivity index (χ4n) is 1.04. The van der Waals surface area contributed by atoms with E-state index < -0.39 is 0 Å². The molecular weight excluding hydrogens is 142 g/mol. The minimum absolute atomic E-state index is 0.00255. The number of hydrogen-bond donors (Lipinski definition) is 2. The normalized spacial score (nSPS) is 18.5. The summed E-state index contributed by atoms with van der Waals surface area (Å²) in [6.45, 7) is 3.62. The maximum atomic E-state index is 8.75. The van der Waals surface area contributed by atoms with Crippen molar-refractivity contribution in [1.29, 1.82) is 5.26 Å². The van der Waals surface area contributed by atoms with Gasteiger partial charge >= 0.3 is 0 Å². The van der Waals surface area contributed by atoms with Crippen LogP contribution in [0.1, 0.15) is 13.8 Å². The van der Waals surface area contributed by atoms with Crippen LogP contribution in [0, 0.1) is 29.1 Å². The first-order chi connectivity index (χ1) is 5.17. The highest BCUT2D eigenvalue weighted by Crippen LogP contribution is 2.19. The first kappa shape index (κ1) is 10.4. The predicted octanol–water partition coefficient (Wildman–Crippen LogP) is 0.383. The van der Waals surface area contributed by atoms with E-state index in [-0.39, 0.29) is 31.0 Å². The Labute approximate surface area is 67.3 Å². The SMILES string of the molecule is CC(CO)C(C#N)C(C)CO. The number of hydrogen-bond acceptors (Lipinski definition) is 3. The average Bonchev–Trinajstić information content (AvgIpc) is 2.05. The van der Waals surface area contributed by atoms with Gasteiger partial charge in [0.1, 0.15) is 0 Å². The molecule has 3 heteroatoms. The van der Waals surface area contributed by atoms with Gasteiger partial charge in [-0.2, -0.15) is 5.26 Å². The third kappa shape index (κ3) is 2.87. The summed E-state index contributed by atoms with van der Waals surface area (Å²) in [5.41, 5.74) is 0. The Morgan fingerprint density at radius 1 is 1.18 bits per heavy atom. The molecule has 0 aliphatic carbocycles. The van der Waals surface area contributed by atoms with Crippen molar-refractivity contribution in [3.8, 4) is 6.07 Å². The molecule has 0 aliphatic rings. The second kappa shape index (κ2) is 5.11. The summed E-state index contributed by atoms with van der Waals surface area (Å²) >= 11 is 0. The summed E-state index contributed by atoms with van der Waals surface area (Å²) < 4.78 is 0. The van der Waals surface area contributed by atoms with E-state index in [2.05, 4.69) is 6.07 Å². The molecule has 0 fully saturated rings. The summed E-state index contributed by atoms with van der Waals surface area (Å²) in [4.78, 5) is 0. The van der Waals surface area contributed by atoms with E-state index in [0.29, 0.717) is 0 Å². The molecule has 0 saturated heterocycles. The molecular formula is C8H15NO2. The molecule has 0 bridgehead atoms. The summed E-state index contributed by atoms with van der Waals surface area (Å²) in [5.74, 6) is -0.353. The lowest BCUT2D eigenvalue weighted by atomic mass is 9.85. The second-order valence-electron chi connectivity index (χ2n) is 2.97. The van der Waals surface area contributed by atoms with Crippen molar-refractivity contribution in [2.24, 2.45) is 17.8 Å². The molecule has 0 rings (SSSR count). The quantitative estimate of drug-likeness (QED) is 0.620. The van der Waals surface area contributed by atoms with Crippen LogP contribution in [0.25, 0.3) is 0 Å². The molecule has 0 aromatic heterocycles. The lowest BCUT2D eigenvalue weighted by molar-refractivity contribution is 0.142. The molecule has 0 aliphatic heterocycles. The van der Waals surface area contributed by atoms with Gasteiger partial charge in [0, 0.05) is 13.2 Å². The number of rotatable bonds is 4. The lowest BCUT2D eigenvalue weighted by Gasteiger charge is -2.19. The third-order valence-corrected chi connectivity index (χ3v) is 1.95. The highest BCUT2D eigenvalue weighted by molar-refractivity contribution is 4.89. The van der Waals surface area contributed by atoms with Crippen molar-refractivity contribution in [3.05, 3.63) is 0 Å². The van der Waals surface area contributed by atoms with Gasteiger partial charge in [0.2, 0.25) is 0 Å². The van der Waals surface area contributed by atoms with Crippen LogP contribution in [-0.4, -0.2) is 23.4 Å². The van der Waals surface area contributed by atoms with E-state index in [9.17, 15) is 0 Å². The van der Waals surface area contributed by atoms with E-state index in [0.717, 1.165) is 0 Å². The van der Waals surface area contributed by atoms with Gasteiger partial charge in [-0.3, -0.25) is 0 Å². The minimum atomic E-state index is -0.245. The van der Waals surface area contributed by atoms with Crippen molar-refractivity contribution in [2.45, 2.75) is 13.8 Å². The molecule has 0 aromatic carbocycles. The third-order valence-electron chi connectivity index (χ3n) is 1.95. The maximum absolute atomic E-state index is 8.75. The maximum Gasteiger partial charge on any atom is 0.0663 e. The zero-order valence-electron chi connectivity index (χ0n) is 6.99. The Kier molecular flexibility index (Phi) is 4.84. The van der Waals surface area contributed by atoms with E-state index in [1.807, 2.05) is 0 Å². The Bertz CT molecular complexity index is 132. The van der Waals surface area contributed by atoms with Crippen molar-refractivity contribution < 1.29 is 10.2 Å². The van der Waals surface area contributed by atoms with Crippen LogP contribution in [-0.2, 0) is 0 Å². The Morgan fingerprint density at radius 3 is 1.73 bits per heavy atom. The highest BCUT2D eigenvalue weighted by Gasteiger charge is 2.21. The van der Waals surface area contributed by atoms with Crippen LogP contribution < -0.4 is 0 Å². The zero-order chi connectivity index (χ0) is 8.85. The standard InChI is InChI=1S/C8H15NO2/c1-6(4-10)8(3-9)7(2)5-11/h6-8,10-11H,4-5H2,1-2H3. The molecule has 3 nitrogen and oxygen atoms in total. The fourth-order valence-corrected chi connectivity index (χ4v) is 1.04. The van der Waals surface area contributed by atoms with Gasteiger partial charge in [0.05, 0.1) is 12.0 Å². The smallest absolute Gasteiger partial charge is 0.0663 e. The molecule has 0 radical (unpaired) electrons. The first-order valence-corrected chi connectivity index (χ1v) is 3.78. The summed E-state index contributed by atoms with van der Waals surface area (Å²) in [6, 6.07) is 2.08. The molecule has 0 amide bonds. The van der Waals surface area contributed by atoms with E-state index in [4.69, 9.17) is 15.5 Å². The number of aliphatic hydroxyl groups is 2. The van der Waals surface area contributed by atoms with Gasteiger partial charge in [-0.05, 0) is 11.8 Å². The molecule has 0 spiro atoms. The molecule has 64 valence electrons. The number of nitriles is 1. The van der Waals surface area contributed by atoms with Gasteiger partial charge in [0.15, 0.2) is 0 Å². The number of nitrogens with zero attached hydrogens (tertiary/aromatic N) is 1. The molecule has 2 atom stereocenters. The summed E-state index contributed by atoms with van der Waals surface area (Å²) in [7, 11) is 0. The van der Waals surface area contributed by atoms with E-state index >= 15 is 0 Å². The van der Waals surface area contributed by atoms with E-state index in [1.165, 1.54) is 0 Å². The average molecular weight is 157 g/mol. The zero-order valence-corrected chi connectivity index (χ0v) is 6.99. The van der Waals surface area contributed by atoms with Crippen LogP contribution in [0.15, 0.2) is 0 Å². The van der Waals surface area contributed by atoms with Crippen molar-refractivity contribution in [3.63, 3.8) is 0 Å². The van der Waals surface area contributed by atoms with Gasteiger partial charge in [0.25, 0.3) is 0 Å². The van der Waals surface area contributed by atoms with Crippen LogP contribution in [0.2, 0.25) is 0 Å². The van der Waals surface area contributed by atoms with Crippen molar-refractivity contribution in [2.75, 3.05) is 13.2 Å².